The number of halogens is 1. The van der Waals surface area contributed by atoms with Gasteiger partial charge in [-0.05, 0) is 24.6 Å². The van der Waals surface area contributed by atoms with Gasteiger partial charge in [0.15, 0.2) is 0 Å². The van der Waals surface area contributed by atoms with Crippen LogP contribution in [0.2, 0.25) is 5.02 Å². The van der Waals surface area contributed by atoms with E-state index in [0.29, 0.717) is 42.5 Å². The number of amides is 1. The molecular formula is C14H19ClN2O4S. The van der Waals surface area contributed by atoms with Crippen LogP contribution in [0.1, 0.15) is 15.9 Å². The lowest BCUT2D eigenvalue weighted by molar-refractivity contribution is 0.0695. The van der Waals surface area contributed by atoms with Crippen LogP contribution in [0.5, 0.6) is 5.75 Å². The highest BCUT2D eigenvalue weighted by Gasteiger charge is 2.28. The van der Waals surface area contributed by atoms with Crippen LogP contribution in [0.25, 0.3) is 0 Å². The van der Waals surface area contributed by atoms with E-state index in [9.17, 15) is 13.2 Å². The van der Waals surface area contributed by atoms with Gasteiger partial charge in [0.05, 0.1) is 18.9 Å². The Morgan fingerprint density at radius 3 is 2.32 bits per heavy atom. The van der Waals surface area contributed by atoms with E-state index in [4.69, 9.17) is 16.3 Å². The molecule has 1 aromatic rings. The molecule has 0 aromatic heterocycles. The zero-order chi connectivity index (χ0) is 16.5. The van der Waals surface area contributed by atoms with Gasteiger partial charge in [-0.2, -0.15) is 4.31 Å². The van der Waals surface area contributed by atoms with Crippen LogP contribution in [-0.4, -0.2) is 63.1 Å². The maximum atomic E-state index is 12.6. The van der Waals surface area contributed by atoms with Gasteiger partial charge in [-0.3, -0.25) is 4.79 Å². The minimum atomic E-state index is -3.22. The fourth-order valence-electron chi connectivity index (χ4n) is 2.38. The van der Waals surface area contributed by atoms with Crippen LogP contribution in [-0.2, 0) is 10.0 Å². The van der Waals surface area contributed by atoms with Gasteiger partial charge >= 0.3 is 0 Å². The maximum absolute atomic E-state index is 12.6. The fraction of sp³-hybridized carbons (Fsp3) is 0.500. The predicted molar refractivity (Wildman–Crippen MR) is 85.1 cm³/mol. The second kappa shape index (κ2) is 6.44. The molecule has 1 amide bonds. The third-order valence-corrected chi connectivity index (χ3v) is 5.42. The Kier molecular flexibility index (Phi) is 4.99. The Labute approximate surface area is 135 Å². The first-order valence-electron chi connectivity index (χ1n) is 6.82. The second-order valence-electron chi connectivity index (χ2n) is 5.26. The SMILES string of the molecule is COc1cc(C)c(Cl)cc1C(=O)N1CCN(S(C)(=O)=O)CC1. The van der Waals surface area contributed by atoms with Crippen LogP contribution >= 0.6 is 11.6 Å². The van der Waals surface area contributed by atoms with E-state index in [1.807, 2.05) is 6.92 Å². The third-order valence-electron chi connectivity index (χ3n) is 3.71. The summed E-state index contributed by atoms with van der Waals surface area (Å²) in [5.74, 6) is 0.268. The summed E-state index contributed by atoms with van der Waals surface area (Å²) in [6.45, 7) is 3.13. The lowest BCUT2D eigenvalue weighted by atomic mass is 10.1. The Balaban J connectivity index is 2.19. The summed E-state index contributed by atoms with van der Waals surface area (Å²) in [6.07, 6.45) is 1.17. The molecular weight excluding hydrogens is 328 g/mol. The second-order valence-corrected chi connectivity index (χ2v) is 7.65. The van der Waals surface area contributed by atoms with E-state index < -0.39 is 10.0 Å². The number of nitrogens with zero attached hydrogens (tertiary/aromatic N) is 2. The summed E-state index contributed by atoms with van der Waals surface area (Å²) in [4.78, 5) is 14.2. The molecule has 0 radical (unpaired) electrons. The monoisotopic (exact) mass is 346 g/mol. The standard InChI is InChI=1S/C14H19ClN2O4S/c1-10-8-13(21-2)11(9-12(10)15)14(18)16-4-6-17(7-5-16)22(3,19)20/h8-9H,4-7H2,1-3H3. The summed E-state index contributed by atoms with van der Waals surface area (Å²) >= 11 is 6.09. The topological polar surface area (TPSA) is 66.9 Å². The number of aryl methyl sites for hydroxylation is 1. The molecule has 0 atom stereocenters. The van der Waals surface area contributed by atoms with E-state index in [0.717, 1.165) is 5.56 Å². The van der Waals surface area contributed by atoms with Crippen molar-refractivity contribution in [2.24, 2.45) is 0 Å². The van der Waals surface area contributed by atoms with Gasteiger partial charge < -0.3 is 9.64 Å². The van der Waals surface area contributed by atoms with E-state index in [-0.39, 0.29) is 5.91 Å². The summed E-state index contributed by atoms with van der Waals surface area (Å²) in [5, 5.41) is 0.499. The molecule has 0 bridgehead atoms. The van der Waals surface area contributed by atoms with Crippen LogP contribution in [0, 0.1) is 6.92 Å². The maximum Gasteiger partial charge on any atom is 0.257 e. The van der Waals surface area contributed by atoms with E-state index in [1.54, 1.807) is 17.0 Å². The quantitative estimate of drug-likeness (QED) is 0.829. The Morgan fingerprint density at radius 2 is 1.82 bits per heavy atom. The molecule has 0 unspecified atom stereocenters. The largest absolute Gasteiger partial charge is 0.496 e. The van der Waals surface area contributed by atoms with Gasteiger partial charge in [0.25, 0.3) is 5.91 Å². The summed E-state index contributed by atoms with van der Waals surface area (Å²) in [7, 11) is -1.71. The number of hydrogen-bond acceptors (Lipinski definition) is 4. The number of benzene rings is 1. The zero-order valence-electron chi connectivity index (χ0n) is 12.8. The lowest BCUT2D eigenvalue weighted by Crippen LogP contribution is -2.50. The van der Waals surface area contributed by atoms with Crippen LogP contribution in [0.4, 0.5) is 0 Å². The highest BCUT2D eigenvalue weighted by atomic mass is 35.5. The van der Waals surface area contributed by atoms with Gasteiger partial charge in [0.1, 0.15) is 5.75 Å². The number of piperazine rings is 1. The number of carbonyl (C=O) groups is 1. The molecule has 0 aliphatic carbocycles. The number of methoxy groups -OCH3 is 1. The molecule has 122 valence electrons. The molecule has 22 heavy (non-hydrogen) atoms. The normalized spacial score (nSPS) is 16.6. The molecule has 2 rings (SSSR count). The van der Waals surface area contributed by atoms with Crippen LogP contribution in [0.3, 0.4) is 0 Å². The van der Waals surface area contributed by atoms with Gasteiger partial charge in [-0.15, -0.1) is 0 Å². The molecule has 0 N–H and O–H groups in total. The third kappa shape index (κ3) is 3.53. The molecule has 8 heteroatoms. The van der Waals surface area contributed by atoms with E-state index in [2.05, 4.69) is 0 Å². The molecule has 1 saturated heterocycles. The van der Waals surface area contributed by atoms with Crippen molar-refractivity contribution in [3.63, 3.8) is 0 Å². The van der Waals surface area contributed by atoms with Gasteiger partial charge in [0, 0.05) is 31.2 Å². The Bertz CT molecular complexity index is 682. The highest BCUT2D eigenvalue weighted by molar-refractivity contribution is 7.88. The minimum absolute atomic E-state index is 0.202. The molecule has 0 spiro atoms. The van der Waals surface area contributed by atoms with E-state index in [1.165, 1.54) is 17.7 Å². The molecule has 1 aromatic carbocycles. The minimum Gasteiger partial charge on any atom is -0.496 e. The van der Waals surface area contributed by atoms with Gasteiger partial charge in [0.2, 0.25) is 10.0 Å². The summed E-state index contributed by atoms with van der Waals surface area (Å²) in [5.41, 5.74) is 1.22. The van der Waals surface area contributed by atoms with Gasteiger partial charge in [-0.1, -0.05) is 11.6 Å². The number of ether oxygens (including phenoxy) is 1. The number of carbonyl (C=O) groups excluding carboxylic acids is 1. The molecule has 1 fully saturated rings. The van der Waals surface area contributed by atoms with Crippen LogP contribution < -0.4 is 4.74 Å². The molecule has 1 heterocycles. The Hall–Kier alpha value is -1.31. The average Bonchev–Trinajstić information content (AvgIpc) is 2.48. The van der Waals surface area contributed by atoms with Crippen molar-refractivity contribution in [2.45, 2.75) is 6.92 Å². The first-order chi connectivity index (χ1) is 10.2. The Morgan fingerprint density at radius 1 is 1.23 bits per heavy atom. The average molecular weight is 347 g/mol. The summed E-state index contributed by atoms with van der Waals surface area (Å²) < 4.78 is 29.6. The smallest absolute Gasteiger partial charge is 0.257 e. The zero-order valence-corrected chi connectivity index (χ0v) is 14.4. The summed E-state index contributed by atoms with van der Waals surface area (Å²) in [6, 6.07) is 3.32. The predicted octanol–water partition coefficient (Wildman–Crippen LogP) is 1.37. The fourth-order valence-corrected chi connectivity index (χ4v) is 3.37. The van der Waals surface area contributed by atoms with E-state index >= 15 is 0 Å². The van der Waals surface area contributed by atoms with Crippen molar-refractivity contribution in [1.82, 2.24) is 9.21 Å². The molecule has 0 saturated carbocycles. The number of rotatable bonds is 3. The number of sulfonamides is 1. The van der Waals surface area contributed by atoms with Crippen molar-refractivity contribution in [2.75, 3.05) is 39.5 Å². The molecule has 6 nitrogen and oxygen atoms in total. The van der Waals surface area contributed by atoms with Crippen molar-refractivity contribution >= 4 is 27.5 Å². The molecule has 1 aliphatic heterocycles. The van der Waals surface area contributed by atoms with Crippen LogP contribution in [0.15, 0.2) is 12.1 Å². The van der Waals surface area contributed by atoms with Crippen molar-refractivity contribution in [1.29, 1.82) is 0 Å². The van der Waals surface area contributed by atoms with Crippen molar-refractivity contribution in [3.8, 4) is 5.75 Å². The molecule has 1 aliphatic rings. The number of hydrogen-bond donors (Lipinski definition) is 0. The first kappa shape index (κ1) is 17.1. The highest BCUT2D eigenvalue weighted by Crippen LogP contribution is 2.28. The van der Waals surface area contributed by atoms with Crippen molar-refractivity contribution < 1.29 is 17.9 Å². The van der Waals surface area contributed by atoms with Gasteiger partial charge in [-0.25, -0.2) is 8.42 Å². The first-order valence-corrected chi connectivity index (χ1v) is 9.05. The van der Waals surface area contributed by atoms with Crippen molar-refractivity contribution in [3.05, 3.63) is 28.3 Å². The lowest BCUT2D eigenvalue weighted by Gasteiger charge is -2.33.